The molecule has 1 aromatic heterocycles. The Hall–Kier alpha value is -1.25. The van der Waals surface area contributed by atoms with Crippen molar-refractivity contribution in [3.63, 3.8) is 0 Å². The van der Waals surface area contributed by atoms with Gasteiger partial charge in [-0.15, -0.1) is 0 Å². The van der Waals surface area contributed by atoms with Gasteiger partial charge in [0.15, 0.2) is 0 Å². The van der Waals surface area contributed by atoms with Gasteiger partial charge in [-0.3, -0.25) is 0 Å². The maximum absolute atomic E-state index is 5.76. The van der Waals surface area contributed by atoms with Crippen LogP contribution in [0.25, 0.3) is 0 Å². The van der Waals surface area contributed by atoms with E-state index in [0.29, 0.717) is 11.6 Å². The number of rotatable bonds is 3. The fourth-order valence-corrected chi connectivity index (χ4v) is 2.29. The normalized spacial score (nSPS) is 17.3. The van der Waals surface area contributed by atoms with Crippen LogP contribution in [0.2, 0.25) is 0 Å². The topological polar surface area (TPSA) is 48.1 Å². The highest BCUT2D eigenvalue weighted by Gasteiger charge is 2.14. The van der Waals surface area contributed by atoms with Gasteiger partial charge in [0.05, 0.1) is 18.5 Å². The molecule has 1 aromatic rings. The predicted molar refractivity (Wildman–Crippen MR) is 65.5 cm³/mol. The molecule has 1 heterocycles. The minimum Gasteiger partial charge on any atom is -0.477 e. The molecule has 1 saturated carbocycles. The maximum Gasteiger partial charge on any atom is 0.216 e. The van der Waals surface area contributed by atoms with Crippen molar-refractivity contribution in [1.82, 2.24) is 4.98 Å². The zero-order chi connectivity index (χ0) is 11.4. The van der Waals surface area contributed by atoms with Crippen LogP contribution in [0.1, 0.15) is 37.7 Å². The summed E-state index contributed by atoms with van der Waals surface area (Å²) in [4.78, 5) is 4.21. The van der Waals surface area contributed by atoms with Gasteiger partial charge in [0.25, 0.3) is 0 Å². The molecule has 3 nitrogen and oxygen atoms in total. The fraction of sp³-hybridized carbons (Fsp3) is 0.615. The molecule has 0 amide bonds. The minimum absolute atomic E-state index is 0.697. The van der Waals surface area contributed by atoms with Gasteiger partial charge in [0.2, 0.25) is 5.88 Å². The van der Waals surface area contributed by atoms with Crippen LogP contribution in [0.3, 0.4) is 0 Å². The van der Waals surface area contributed by atoms with Gasteiger partial charge in [-0.2, -0.15) is 0 Å². The van der Waals surface area contributed by atoms with E-state index in [1.165, 1.54) is 32.1 Å². The summed E-state index contributed by atoms with van der Waals surface area (Å²) in [6, 6.07) is 1.91. The zero-order valence-electron chi connectivity index (χ0n) is 9.91. The summed E-state index contributed by atoms with van der Waals surface area (Å²) in [6.07, 6.45) is 8.34. The summed E-state index contributed by atoms with van der Waals surface area (Å²) >= 11 is 0. The highest BCUT2D eigenvalue weighted by Crippen LogP contribution is 2.25. The lowest BCUT2D eigenvalue weighted by Gasteiger charge is -2.21. The summed E-state index contributed by atoms with van der Waals surface area (Å²) in [5.41, 5.74) is 7.37. The molecular weight excluding hydrogens is 200 g/mol. The van der Waals surface area contributed by atoms with Crippen LogP contribution in [0.4, 0.5) is 5.69 Å². The molecule has 0 radical (unpaired) electrons. The summed E-state index contributed by atoms with van der Waals surface area (Å²) in [5, 5.41) is 0. The van der Waals surface area contributed by atoms with Crippen molar-refractivity contribution in [3.8, 4) is 5.88 Å². The number of aryl methyl sites for hydroxylation is 1. The van der Waals surface area contributed by atoms with E-state index in [1.807, 2.05) is 13.0 Å². The average molecular weight is 220 g/mol. The van der Waals surface area contributed by atoms with Crippen molar-refractivity contribution in [2.75, 3.05) is 12.3 Å². The van der Waals surface area contributed by atoms with Crippen LogP contribution in [0.5, 0.6) is 5.88 Å². The Bertz CT molecular complexity index is 346. The number of pyridine rings is 1. The standard InChI is InChI=1S/C13H20N2O/c1-10-7-12(14)8-15-13(10)16-9-11-5-3-2-4-6-11/h7-8,11H,2-6,9,14H2,1H3. The van der Waals surface area contributed by atoms with Gasteiger partial charge in [-0.05, 0) is 31.7 Å². The van der Waals surface area contributed by atoms with E-state index in [9.17, 15) is 0 Å². The van der Waals surface area contributed by atoms with Crippen LogP contribution in [-0.2, 0) is 0 Å². The minimum atomic E-state index is 0.697. The van der Waals surface area contributed by atoms with Gasteiger partial charge >= 0.3 is 0 Å². The molecule has 0 aliphatic heterocycles. The Morgan fingerprint density at radius 3 is 2.81 bits per heavy atom. The van der Waals surface area contributed by atoms with Crippen LogP contribution >= 0.6 is 0 Å². The maximum atomic E-state index is 5.76. The molecule has 16 heavy (non-hydrogen) atoms. The molecule has 3 heteroatoms. The van der Waals surface area contributed by atoms with Crippen LogP contribution in [0, 0.1) is 12.8 Å². The summed E-state index contributed by atoms with van der Waals surface area (Å²) in [7, 11) is 0. The first-order valence-corrected chi connectivity index (χ1v) is 6.10. The summed E-state index contributed by atoms with van der Waals surface area (Å²) in [5.74, 6) is 1.45. The van der Waals surface area contributed by atoms with E-state index in [-0.39, 0.29) is 0 Å². The number of ether oxygens (including phenoxy) is 1. The second-order valence-corrected chi connectivity index (χ2v) is 4.71. The Labute approximate surface area is 97.0 Å². The van der Waals surface area contributed by atoms with Crippen molar-refractivity contribution in [2.45, 2.75) is 39.0 Å². The Morgan fingerprint density at radius 1 is 1.38 bits per heavy atom. The number of hydrogen-bond donors (Lipinski definition) is 1. The first-order chi connectivity index (χ1) is 7.75. The molecule has 2 N–H and O–H groups in total. The van der Waals surface area contributed by atoms with E-state index in [1.54, 1.807) is 6.20 Å². The Kier molecular flexibility index (Phi) is 3.65. The predicted octanol–water partition coefficient (Wildman–Crippen LogP) is 2.93. The van der Waals surface area contributed by atoms with E-state index in [0.717, 1.165) is 18.1 Å². The van der Waals surface area contributed by atoms with Crippen molar-refractivity contribution in [1.29, 1.82) is 0 Å². The molecule has 88 valence electrons. The lowest BCUT2D eigenvalue weighted by Crippen LogP contribution is -2.16. The Balaban J connectivity index is 1.88. The van der Waals surface area contributed by atoms with Gasteiger partial charge in [0, 0.05) is 5.56 Å². The molecule has 0 unspecified atom stereocenters. The molecule has 0 saturated heterocycles. The van der Waals surface area contributed by atoms with Crippen LogP contribution < -0.4 is 10.5 Å². The van der Waals surface area contributed by atoms with Gasteiger partial charge < -0.3 is 10.5 Å². The SMILES string of the molecule is Cc1cc(N)cnc1OCC1CCCCC1. The van der Waals surface area contributed by atoms with E-state index >= 15 is 0 Å². The smallest absolute Gasteiger partial charge is 0.216 e. The molecular formula is C13H20N2O. The third-order valence-corrected chi connectivity index (χ3v) is 3.23. The molecule has 1 aliphatic carbocycles. The molecule has 0 bridgehead atoms. The van der Waals surface area contributed by atoms with Crippen molar-refractivity contribution >= 4 is 5.69 Å². The number of nitrogens with two attached hydrogens (primary N) is 1. The van der Waals surface area contributed by atoms with Gasteiger partial charge in [-0.1, -0.05) is 19.3 Å². The number of anilines is 1. The fourth-order valence-electron chi connectivity index (χ4n) is 2.29. The molecule has 0 aromatic carbocycles. The number of hydrogen-bond acceptors (Lipinski definition) is 3. The number of nitrogens with zero attached hydrogens (tertiary/aromatic N) is 1. The highest BCUT2D eigenvalue weighted by atomic mass is 16.5. The van der Waals surface area contributed by atoms with Gasteiger partial charge in [-0.25, -0.2) is 4.98 Å². The lowest BCUT2D eigenvalue weighted by atomic mass is 9.90. The molecule has 2 rings (SSSR count). The van der Waals surface area contributed by atoms with E-state index in [4.69, 9.17) is 10.5 Å². The zero-order valence-corrected chi connectivity index (χ0v) is 9.91. The monoisotopic (exact) mass is 220 g/mol. The van der Waals surface area contributed by atoms with Crippen LogP contribution in [-0.4, -0.2) is 11.6 Å². The first kappa shape index (κ1) is 11.2. The summed E-state index contributed by atoms with van der Waals surface area (Å²) in [6.45, 7) is 2.79. The molecule has 0 atom stereocenters. The third kappa shape index (κ3) is 2.87. The quantitative estimate of drug-likeness (QED) is 0.852. The molecule has 1 aliphatic rings. The molecule has 1 fully saturated rings. The first-order valence-electron chi connectivity index (χ1n) is 6.10. The van der Waals surface area contributed by atoms with E-state index in [2.05, 4.69) is 4.98 Å². The largest absolute Gasteiger partial charge is 0.477 e. The highest BCUT2D eigenvalue weighted by molar-refractivity contribution is 5.41. The number of nitrogen functional groups attached to an aromatic ring is 1. The van der Waals surface area contributed by atoms with Crippen molar-refractivity contribution in [2.24, 2.45) is 5.92 Å². The number of aromatic nitrogens is 1. The average Bonchev–Trinajstić information content (AvgIpc) is 2.29. The third-order valence-electron chi connectivity index (χ3n) is 3.23. The molecule has 0 spiro atoms. The van der Waals surface area contributed by atoms with E-state index < -0.39 is 0 Å². The van der Waals surface area contributed by atoms with Crippen LogP contribution in [0.15, 0.2) is 12.3 Å². The second-order valence-electron chi connectivity index (χ2n) is 4.71. The Morgan fingerprint density at radius 2 is 2.12 bits per heavy atom. The lowest BCUT2D eigenvalue weighted by molar-refractivity contribution is 0.202. The van der Waals surface area contributed by atoms with Crippen molar-refractivity contribution in [3.05, 3.63) is 17.8 Å². The second kappa shape index (κ2) is 5.19. The van der Waals surface area contributed by atoms with Crippen molar-refractivity contribution < 1.29 is 4.74 Å². The summed E-state index contributed by atoms with van der Waals surface area (Å²) < 4.78 is 5.76. The van der Waals surface area contributed by atoms with Gasteiger partial charge in [0.1, 0.15) is 0 Å².